The topological polar surface area (TPSA) is 128 Å². The van der Waals surface area contributed by atoms with Crippen LogP contribution < -0.4 is 20.2 Å². The van der Waals surface area contributed by atoms with Gasteiger partial charge in [0, 0.05) is 5.56 Å². The molecule has 0 aliphatic rings. The number of nitrogens with zero attached hydrogens (tertiary/aromatic N) is 3. The van der Waals surface area contributed by atoms with Gasteiger partial charge in [0.15, 0.2) is 11.5 Å². The Kier molecular flexibility index (Phi) is 7.74. The van der Waals surface area contributed by atoms with Crippen molar-refractivity contribution in [2.75, 3.05) is 14.2 Å². The Hall–Kier alpha value is -4.21. The normalized spacial score (nSPS) is 11.1. The van der Waals surface area contributed by atoms with E-state index in [2.05, 4.69) is 26.0 Å². The van der Waals surface area contributed by atoms with Crippen LogP contribution in [0.25, 0.3) is 11.4 Å². The molecule has 0 saturated carbocycles. The lowest BCUT2D eigenvalue weighted by Crippen LogP contribution is -2.31. The van der Waals surface area contributed by atoms with E-state index in [0.717, 1.165) is 11.1 Å². The molecule has 10 nitrogen and oxygen atoms in total. The maximum absolute atomic E-state index is 12.2. The van der Waals surface area contributed by atoms with Gasteiger partial charge in [0.25, 0.3) is 5.91 Å². The molecule has 2 aromatic carbocycles. The second-order valence-electron chi connectivity index (χ2n) is 7.16. The van der Waals surface area contributed by atoms with Gasteiger partial charge in [-0.25, -0.2) is 5.43 Å². The molecular weight excluding hydrogens is 426 g/mol. The largest absolute Gasteiger partial charge is 0.493 e. The molecule has 1 heterocycles. The van der Waals surface area contributed by atoms with Crippen molar-refractivity contribution < 1.29 is 23.6 Å². The lowest BCUT2D eigenvalue weighted by molar-refractivity contribution is -0.120. The molecule has 0 aliphatic heterocycles. The first kappa shape index (κ1) is 23.5. The van der Waals surface area contributed by atoms with Gasteiger partial charge in [-0.1, -0.05) is 41.1 Å². The predicted octanol–water partition coefficient (Wildman–Crippen LogP) is 2.41. The van der Waals surface area contributed by atoms with Gasteiger partial charge in [-0.3, -0.25) is 9.59 Å². The third kappa shape index (κ3) is 6.39. The van der Waals surface area contributed by atoms with Crippen molar-refractivity contribution in [1.82, 2.24) is 20.9 Å². The standard InChI is InChI=1S/C23H25N5O5/c1-14-5-8-17(9-6-14)22-25-21(33-28-22)13-24-23(30)15(2)26-27-20(29)12-16-7-10-18(31-3)19(11-16)32-4/h5-11H,12-13H2,1-4H3,(H,24,30)(H,27,29)/b26-15+. The van der Waals surface area contributed by atoms with E-state index in [1.807, 2.05) is 31.2 Å². The smallest absolute Gasteiger partial charge is 0.267 e. The van der Waals surface area contributed by atoms with Crippen LogP contribution in [0.2, 0.25) is 0 Å². The quantitative estimate of drug-likeness (QED) is 0.378. The molecule has 0 saturated heterocycles. The second-order valence-corrected chi connectivity index (χ2v) is 7.16. The summed E-state index contributed by atoms with van der Waals surface area (Å²) in [6.07, 6.45) is 0.0581. The molecule has 3 rings (SSSR count). The molecule has 0 atom stereocenters. The van der Waals surface area contributed by atoms with Crippen molar-refractivity contribution in [2.45, 2.75) is 26.8 Å². The molecule has 3 aromatic rings. The number of carbonyl (C=O) groups is 2. The van der Waals surface area contributed by atoms with Crippen molar-refractivity contribution in [3.05, 3.63) is 59.5 Å². The Morgan fingerprint density at radius 2 is 1.79 bits per heavy atom. The summed E-state index contributed by atoms with van der Waals surface area (Å²) in [6, 6.07) is 12.9. The van der Waals surface area contributed by atoms with Gasteiger partial charge >= 0.3 is 0 Å². The van der Waals surface area contributed by atoms with Gasteiger partial charge < -0.3 is 19.3 Å². The van der Waals surface area contributed by atoms with Crippen molar-refractivity contribution in [2.24, 2.45) is 5.10 Å². The minimum absolute atomic E-state index is 0.0319. The minimum atomic E-state index is -0.475. The van der Waals surface area contributed by atoms with Crippen LogP contribution in [0.3, 0.4) is 0 Å². The molecule has 33 heavy (non-hydrogen) atoms. The van der Waals surface area contributed by atoms with E-state index < -0.39 is 5.91 Å². The number of aromatic nitrogens is 2. The highest BCUT2D eigenvalue weighted by Gasteiger charge is 2.13. The van der Waals surface area contributed by atoms with Crippen LogP contribution in [0.15, 0.2) is 52.1 Å². The average Bonchev–Trinajstić information content (AvgIpc) is 3.30. The van der Waals surface area contributed by atoms with E-state index in [0.29, 0.717) is 22.9 Å². The monoisotopic (exact) mass is 451 g/mol. The molecule has 1 aromatic heterocycles. The molecule has 2 amide bonds. The molecule has 2 N–H and O–H groups in total. The zero-order chi connectivity index (χ0) is 23.8. The summed E-state index contributed by atoms with van der Waals surface area (Å²) in [5, 5.41) is 10.4. The zero-order valence-corrected chi connectivity index (χ0v) is 18.8. The first-order valence-corrected chi connectivity index (χ1v) is 10.1. The molecule has 0 fully saturated rings. The SMILES string of the molecule is COc1ccc(CC(=O)N/N=C(\C)C(=O)NCc2nc(-c3ccc(C)cc3)no2)cc1OC. The number of benzene rings is 2. The van der Waals surface area contributed by atoms with Crippen molar-refractivity contribution in [3.8, 4) is 22.9 Å². The highest BCUT2D eigenvalue weighted by molar-refractivity contribution is 6.37. The maximum Gasteiger partial charge on any atom is 0.267 e. The van der Waals surface area contributed by atoms with E-state index in [-0.39, 0.29) is 30.5 Å². The van der Waals surface area contributed by atoms with Crippen LogP contribution in [-0.2, 0) is 22.6 Å². The minimum Gasteiger partial charge on any atom is -0.493 e. The van der Waals surface area contributed by atoms with Gasteiger partial charge in [0.2, 0.25) is 17.6 Å². The Morgan fingerprint density at radius 1 is 1.06 bits per heavy atom. The number of hydrogen-bond donors (Lipinski definition) is 2. The third-order valence-corrected chi connectivity index (χ3v) is 4.67. The summed E-state index contributed by atoms with van der Waals surface area (Å²) in [5.41, 5.74) is 5.10. The third-order valence-electron chi connectivity index (χ3n) is 4.67. The number of carbonyl (C=O) groups excluding carboxylic acids is 2. The summed E-state index contributed by atoms with van der Waals surface area (Å²) in [6.45, 7) is 3.51. The molecule has 0 unspecified atom stereocenters. The van der Waals surface area contributed by atoms with E-state index in [1.165, 1.54) is 21.1 Å². The molecule has 0 spiro atoms. The summed E-state index contributed by atoms with van der Waals surface area (Å²) in [4.78, 5) is 28.7. The summed E-state index contributed by atoms with van der Waals surface area (Å²) in [7, 11) is 3.06. The predicted molar refractivity (Wildman–Crippen MR) is 121 cm³/mol. The van der Waals surface area contributed by atoms with Gasteiger partial charge in [-0.05, 0) is 31.5 Å². The molecule has 10 heteroatoms. The Morgan fingerprint density at radius 3 is 2.48 bits per heavy atom. The van der Waals surface area contributed by atoms with E-state index in [9.17, 15) is 9.59 Å². The fraction of sp³-hybridized carbons (Fsp3) is 0.261. The van der Waals surface area contributed by atoms with Gasteiger partial charge in [-0.15, -0.1) is 0 Å². The van der Waals surface area contributed by atoms with Crippen LogP contribution in [0.4, 0.5) is 0 Å². The number of amides is 2. The van der Waals surface area contributed by atoms with Crippen LogP contribution in [0, 0.1) is 6.92 Å². The molecule has 0 aliphatic carbocycles. The average molecular weight is 451 g/mol. The van der Waals surface area contributed by atoms with E-state index >= 15 is 0 Å². The fourth-order valence-electron chi connectivity index (χ4n) is 2.84. The maximum atomic E-state index is 12.2. The number of hydrazone groups is 1. The highest BCUT2D eigenvalue weighted by atomic mass is 16.5. The van der Waals surface area contributed by atoms with E-state index in [1.54, 1.807) is 18.2 Å². The number of rotatable bonds is 9. The number of methoxy groups -OCH3 is 2. The van der Waals surface area contributed by atoms with Crippen molar-refractivity contribution >= 4 is 17.5 Å². The number of aryl methyl sites for hydroxylation is 1. The first-order valence-electron chi connectivity index (χ1n) is 10.1. The number of hydrogen-bond acceptors (Lipinski definition) is 8. The lowest BCUT2D eigenvalue weighted by atomic mass is 10.1. The van der Waals surface area contributed by atoms with Crippen LogP contribution in [-0.4, -0.2) is 41.9 Å². The molecule has 172 valence electrons. The fourth-order valence-corrected chi connectivity index (χ4v) is 2.84. The zero-order valence-electron chi connectivity index (χ0n) is 18.8. The van der Waals surface area contributed by atoms with Crippen molar-refractivity contribution in [3.63, 3.8) is 0 Å². The van der Waals surface area contributed by atoms with Crippen LogP contribution in [0.5, 0.6) is 11.5 Å². The lowest BCUT2D eigenvalue weighted by Gasteiger charge is -2.09. The Balaban J connectivity index is 1.50. The van der Waals surface area contributed by atoms with Crippen molar-refractivity contribution in [1.29, 1.82) is 0 Å². The van der Waals surface area contributed by atoms with Crippen LogP contribution >= 0.6 is 0 Å². The van der Waals surface area contributed by atoms with Crippen LogP contribution in [0.1, 0.15) is 23.9 Å². The Labute approximate surface area is 191 Å². The van der Waals surface area contributed by atoms with E-state index in [4.69, 9.17) is 14.0 Å². The molecule has 0 bridgehead atoms. The van der Waals surface area contributed by atoms with Gasteiger partial charge in [-0.2, -0.15) is 10.1 Å². The summed E-state index contributed by atoms with van der Waals surface area (Å²) < 4.78 is 15.6. The summed E-state index contributed by atoms with van der Waals surface area (Å²) >= 11 is 0. The first-order chi connectivity index (χ1) is 15.9. The van der Waals surface area contributed by atoms with Gasteiger partial charge in [0.05, 0.1) is 27.2 Å². The Bertz CT molecular complexity index is 1150. The number of ether oxygens (including phenoxy) is 2. The molecule has 0 radical (unpaired) electrons. The highest BCUT2D eigenvalue weighted by Crippen LogP contribution is 2.27. The molecular formula is C23H25N5O5. The second kappa shape index (κ2) is 10.9. The van der Waals surface area contributed by atoms with Gasteiger partial charge in [0.1, 0.15) is 5.71 Å². The number of nitrogens with one attached hydrogen (secondary N) is 2. The summed E-state index contributed by atoms with van der Waals surface area (Å²) in [5.74, 6) is 0.926.